The van der Waals surface area contributed by atoms with Gasteiger partial charge in [0.1, 0.15) is 11.4 Å². The third-order valence-electron chi connectivity index (χ3n) is 6.48. The van der Waals surface area contributed by atoms with Gasteiger partial charge in [0.2, 0.25) is 5.91 Å². The molecule has 0 bridgehead atoms. The zero-order valence-corrected chi connectivity index (χ0v) is 19.5. The van der Waals surface area contributed by atoms with Gasteiger partial charge in [-0.25, -0.2) is 0 Å². The molecule has 2 amide bonds. The van der Waals surface area contributed by atoms with E-state index in [4.69, 9.17) is 4.74 Å². The average molecular weight is 468 g/mol. The minimum Gasteiger partial charge on any atom is -0.495 e. The van der Waals surface area contributed by atoms with Gasteiger partial charge in [0.05, 0.1) is 17.7 Å². The molecule has 2 aliphatic heterocycles. The normalized spacial score (nSPS) is 16.4. The number of anilines is 2. The Labute approximate surface area is 198 Å². The first-order valence-electron chi connectivity index (χ1n) is 11.3. The van der Waals surface area contributed by atoms with E-state index in [1.807, 2.05) is 29.2 Å². The van der Waals surface area contributed by atoms with E-state index in [1.165, 1.54) is 13.0 Å². The van der Waals surface area contributed by atoms with E-state index in [1.54, 1.807) is 29.0 Å². The first-order valence-corrected chi connectivity index (χ1v) is 11.3. The van der Waals surface area contributed by atoms with Crippen LogP contribution in [0.5, 0.6) is 5.75 Å². The lowest BCUT2D eigenvalue weighted by atomic mass is 10.1. The molecule has 2 aromatic carbocycles. The summed E-state index contributed by atoms with van der Waals surface area (Å²) in [7, 11) is 1.64. The zero-order valence-electron chi connectivity index (χ0n) is 19.5. The molecule has 0 aliphatic carbocycles. The van der Waals surface area contributed by atoms with Gasteiger partial charge in [0.15, 0.2) is 0 Å². The van der Waals surface area contributed by atoms with E-state index in [-0.39, 0.29) is 17.5 Å². The van der Waals surface area contributed by atoms with Crippen LogP contribution < -0.4 is 14.5 Å². The van der Waals surface area contributed by atoms with E-state index < -0.39 is 4.92 Å². The van der Waals surface area contributed by atoms with E-state index in [2.05, 4.69) is 4.90 Å². The molecule has 2 heterocycles. The molecular weight excluding hydrogens is 438 g/mol. The maximum atomic E-state index is 13.1. The first-order chi connectivity index (χ1) is 16.4. The summed E-state index contributed by atoms with van der Waals surface area (Å²) in [6.45, 7) is 5.90. The van der Waals surface area contributed by atoms with Crippen LogP contribution in [0.4, 0.5) is 17.1 Å². The number of methoxy groups -OCH3 is 1. The van der Waals surface area contributed by atoms with Crippen LogP contribution >= 0.6 is 0 Å². The molecule has 10 nitrogen and oxygen atoms in total. The van der Waals surface area contributed by atoms with Crippen molar-refractivity contribution in [2.75, 3.05) is 69.3 Å². The van der Waals surface area contributed by atoms with Crippen molar-refractivity contribution in [2.45, 2.75) is 6.92 Å². The van der Waals surface area contributed by atoms with Crippen molar-refractivity contribution in [2.24, 2.45) is 0 Å². The van der Waals surface area contributed by atoms with E-state index in [9.17, 15) is 19.7 Å². The number of carbonyl (C=O) groups is 2. The van der Waals surface area contributed by atoms with Gasteiger partial charge in [0.25, 0.3) is 11.6 Å². The lowest BCUT2D eigenvalue weighted by Crippen LogP contribution is -2.49. The summed E-state index contributed by atoms with van der Waals surface area (Å²) in [5.74, 6) is 0.578. The maximum Gasteiger partial charge on any atom is 0.293 e. The minimum atomic E-state index is -0.441. The molecule has 4 rings (SSSR count). The summed E-state index contributed by atoms with van der Waals surface area (Å²) in [5.41, 5.74) is 1.69. The first kappa shape index (κ1) is 23.3. The molecule has 0 unspecified atom stereocenters. The number of ether oxygens (including phenoxy) is 1. The number of carbonyl (C=O) groups excluding carboxylic acids is 2. The predicted octanol–water partition coefficient (Wildman–Crippen LogP) is 2.23. The average Bonchev–Trinajstić information content (AvgIpc) is 2.88. The van der Waals surface area contributed by atoms with Crippen LogP contribution in [0, 0.1) is 10.1 Å². The van der Waals surface area contributed by atoms with Crippen molar-refractivity contribution in [3.05, 3.63) is 58.1 Å². The number of amides is 2. The second-order valence-electron chi connectivity index (χ2n) is 8.40. The van der Waals surface area contributed by atoms with Gasteiger partial charge >= 0.3 is 0 Å². The molecule has 2 aromatic rings. The van der Waals surface area contributed by atoms with Crippen molar-refractivity contribution < 1.29 is 19.2 Å². The van der Waals surface area contributed by atoms with Crippen molar-refractivity contribution in [3.8, 4) is 5.75 Å². The van der Waals surface area contributed by atoms with Gasteiger partial charge < -0.3 is 24.3 Å². The minimum absolute atomic E-state index is 0.000833. The largest absolute Gasteiger partial charge is 0.495 e. The predicted molar refractivity (Wildman–Crippen MR) is 129 cm³/mol. The summed E-state index contributed by atoms with van der Waals surface area (Å²) in [6, 6.07) is 12.5. The highest BCUT2D eigenvalue weighted by atomic mass is 16.6. The number of para-hydroxylation sites is 2. The summed E-state index contributed by atoms with van der Waals surface area (Å²) < 4.78 is 5.45. The van der Waals surface area contributed by atoms with Crippen LogP contribution in [0.25, 0.3) is 0 Å². The lowest BCUT2D eigenvalue weighted by molar-refractivity contribution is -0.384. The fraction of sp³-hybridized carbons (Fsp3) is 0.417. The number of nitro benzene ring substituents is 1. The Morgan fingerprint density at radius 3 is 2.03 bits per heavy atom. The molecule has 34 heavy (non-hydrogen) atoms. The van der Waals surface area contributed by atoms with E-state index in [0.717, 1.165) is 11.4 Å². The SMILES string of the molecule is COc1ccccc1N1CCN(C(=O)c2ccc(N3CCN(C(C)=O)CC3)c([N+](=O)[O-])c2)CC1. The summed E-state index contributed by atoms with van der Waals surface area (Å²) in [6.07, 6.45) is 0. The highest BCUT2D eigenvalue weighted by Crippen LogP contribution is 2.32. The monoisotopic (exact) mass is 467 g/mol. The molecule has 0 spiro atoms. The fourth-order valence-electron chi connectivity index (χ4n) is 4.56. The van der Waals surface area contributed by atoms with E-state index >= 15 is 0 Å². The van der Waals surface area contributed by atoms with Crippen molar-refractivity contribution in [3.63, 3.8) is 0 Å². The Kier molecular flexibility index (Phi) is 6.85. The van der Waals surface area contributed by atoms with Crippen molar-refractivity contribution in [1.82, 2.24) is 9.80 Å². The molecule has 2 saturated heterocycles. The lowest BCUT2D eigenvalue weighted by Gasteiger charge is -2.37. The van der Waals surface area contributed by atoms with Gasteiger partial charge in [0, 0.05) is 70.9 Å². The van der Waals surface area contributed by atoms with Crippen LogP contribution in [0.1, 0.15) is 17.3 Å². The standard InChI is InChI=1S/C24H29N5O5/c1-18(30)25-9-11-26(12-10-25)20-8-7-19(17-22(20)29(32)33)24(31)28-15-13-27(14-16-28)21-5-3-4-6-23(21)34-2/h3-8,17H,9-16H2,1-2H3. The molecule has 0 N–H and O–H groups in total. The number of hydrogen-bond acceptors (Lipinski definition) is 7. The summed E-state index contributed by atoms with van der Waals surface area (Å²) in [4.78, 5) is 43.6. The number of rotatable bonds is 5. The van der Waals surface area contributed by atoms with Crippen LogP contribution in [0.2, 0.25) is 0 Å². The second-order valence-corrected chi connectivity index (χ2v) is 8.40. The Balaban J connectivity index is 1.45. The number of benzene rings is 2. The van der Waals surface area contributed by atoms with Crippen LogP contribution in [-0.2, 0) is 4.79 Å². The third-order valence-corrected chi connectivity index (χ3v) is 6.48. The highest BCUT2D eigenvalue weighted by Gasteiger charge is 2.28. The smallest absolute Gasteiger partial charge is 0.293 e. The zero-order chi connectivity index (χ0) is 24.2. The fourth-order valence-corrected chi connectivity index (χ4v) is 4.56. The van der Waals surface area contributed by atoms with Crippen LogP contribution in [0.15, 0.2) is 42.5 Å². The number of nitrogens with zero attached hydrogens (tertiary/aromatic N) is 5. The molecular formula is C24H29N5O5. The molecule has 0 atom stereocenters. The molecule has 0 saturated carbocycles. The number of nitro groups is 1. The Morgan fingerprint density at radius 1 is 0.853 bits per heavy atom. The Morgan fingerprint density at radius 2 is 1.44 bits per heavy atom. The third kappa shape index (κ3) is 4.75. The van der Waals surface area contributed by atoms with Crippen molar-refractivity contribution in [1.29, 1.82) is 0 Å². The van der Waals surface area contributed by atoms with Gasteiger partial charge in [-0.2, -0.15) is 0 Å². The molecule has 0 radical (unpaired) electrons. The van der Waals surface area contributed by atoms with E-state index in [0.29, 0.717) is 63.6 Å². The van der Waals surface area contributed by atoms with Gasteiger partial charge in [-0.05, 0) is 24.3 Å². The second kappa shape index (κ2) is 9.98. The van der Waals surface area contributed by atoms with Gasteiger partial charge in [-0.3, -0.25) is 19.7 Å². The van der Waals surface area contributed by atoms with Crippen LogP contribution in [0.3, 0.4) is 0 Å². The molecule has 2 aliphatic rings. The number of piperazine rings is 2. The molecule has 10 heteroatoms. The maximum absolute atomic E-state index is 13.1. The van der Waals surface area contributed by atoms with Crippen LogP contribution in [-0.4, -0.2) is 86.0 Å². The quantitative estimate of drug-likeness (QED) is 0.491. The van der Waals surface area contributed by atoms with Crippen molar-refractivity contribution >= 4 is 28.9 Å². The molecule has 0 aromatic heterocycles. The van der Waals surface area contributed by atoms with Gasteiger partial charge in [-0.15, -0.1) is 0 Å². The summed E-state index contributed by atoms with van der Waals surface area (Å²) in [5, 5.41) is 11.8. The van der Waals surface area contributed by atoms with Gasteiger partial charge in [-0.1, -0.05) is 12.1 Å². The summed E-state index contributed by atoms with van der Waals surface area (Å²) >= 11 is 0. The number of hydrogen-bond donors (Lipinski definition) is 0. The Hall–Kier alpha value is -3.82. The Bertz CT molecular complexity index is 1080. The topological polar surface area (TPSA) is 99.5 Å². The highest BCUT2D eigenvalue weighted by molar-refractivity contribution is 5.96. The molecule has 180 valence electrons. The molecule has 2 fully saturated rings.